The van der Waals surface area contributed by atoms with Crippen molar-refractivity contribution in [2.75, 3.05) is 5.32 Å². The quantitative estimate of drug-likeness (QED) is 0.691. The minimum Gasteiger partial charge on any atom is -0.378 e. The van der Waals surface area contributed by atoms with Crippen molar-refractivity contribution >= 4 is 33.2 Å². The molecule has 19 heavy (non-hydrogen) atoms. The number of para-hydroxylation sites is 1. The van der Waals surface area contributed by atoms with E-state index in [1.807, 2.05) is 18.2 Å². The molecular weight excluding hydrogens is 329 g/mol. The van der Waals surface area contributed by atoms with Crippen LogP contribution in [0.5, 0.6) is 0 Å². The van der Waals surface area contributed by atoms with Gasteiger partial charge in [-0.15, -0.1) is 0 Å². The zero-order valence-electron chi connectivity index (χ0n) is 10.1. The number of nitrogens with one attached hydrogen (secondary N) is 1. The standard InChI is InChI=1S/C15H12BrClFN/c16-11-7-6-10(15(18)14(11)17)13-8-5-9-3-1-2-4-12(9)19-13/h1-4,6-7,13,19H,5,8H2. The second kappa shape index (κ2) is 5.14. The van der Waals surface area contributed by atoms with Gasteiger partial charge >= 0.3 is 0 Å². The van der Waals surface area contributed by atoms with Crippen LogP contribution in [0.15, 0.2) is 40.9 Å². The summed E-state index contributed by atoms with van der Waals surface area (Å²) in [6.07, 6.45) is 1.81. The first kappa shape index (κ1) is 12.9. The van der Waals surface area contributed by atoms with Gasteiger partial charge in [0.1, 0.15) is 5.82 Å². The number of rotatable bonds is 1. The van der Waals surface area contributed by atoms with Crippen LogP contribution in [0, 0.1) is 5.82 Å². The van der Waals surface area contributed by atoms with Crippen molar-refractivity contribution in [3.8, 4) is 0 Å². The molecule has 1 heterocycles. The number of benzene rings is 2. The van der Waals surface area contributed by atoms with Crippen molar-refractivity contribution in [2.45, 2.75) is 18.9 Å². The second-order valence-electron chi connectivity index (χ2n) is 4.66. The molecule has 0 saturated heterocycles. The molecular formula is C15H12BrClFN. The lowest BCUT2D eigenvalue weighted by atomic mass is 9.93. The molecule has 0 aromatic heterocycles. The average Bonchev–Trinajstić information content (AvgIpc) is 2.44. The maximum absolute atomic E-state index is 14.2. The van der Waals surface area contributed by atoms with E-state index in [0.29, 0.717) is 10.0 Å². The van der Waals surface area contributed by atoms with Gasteiger partial charge in [0.2, 0.25) is 0 Å². The highest BCUT2D eigenvalue weighted by Crippen LogP contribution is 2.36. The molecule has 1 unspecified atom stereocenters. The van der Waals surface area contributed by atoms with Crippen LogP contribution in [0.3, 0.4) is 0 Å². The third-order valence-electron chi connectivity index (χ3n) is 3.49. The number of aryl methyl sites for hydroxylation is 1. The first-order valence-electron chi connectivity index (χ1n) is 6.14. The van der Waals surface area contributed by atoms with E-state index in [1.54, 1.807) is 12.1 Å². The summed E-state index contributed by atoms with van der Waals surface area (Å²) in [6, 6.07) is 11.7. The summed E-state index contributed by atoms with van der Waals surface area (Å²) < 4.78 is 14.8. The van der Waals surface area contributed by atoms with Crippen LogP contribution in [-0.4, -0.2) is 0 Å². The molecule has 0 radical (unpaired) electrons. The predicted octanol–water partition coefficient (Wildman–Crippen LogP) is 5.34. The number of fused-ring (bicyclic) bond motifs is 1. The Morgan fingerprint density at radius 2 is 2.00 bits per heavy atom. The highest BCUT2D eigenvalue weighted by atomic mass is 79.9. The SMILES string of the molecule is Fc1c(C2CCc3ccccc3N2)ccc(Br)c1Cl. The molecule has 3 rings (SSSR count). The van der Waals surface area contributed by atoms with E-state index in [4.69, 9.17) is 11.6 Å². The lowest BCUT2D eigenvalue weighted by Crippen LogP contribution is -2.19. The molecule has 1 aliphatic rings. The van der Waals surface area contributed by atoms with Crippen LogP contribution in [0.2, 0.25) is 5.02 Å². The average molecular weight is 341 g/mol. The highest BCUT2D eigenvalue weighted by molar-refractivity contribution is 9.10. The van der Waals surface area contributed by atoms with Gasteiger partial charge in [0.15, 0.2) is 0 Å². The van der Waals surface area contributed by atoms with Crippen LogP contribution in [0.25, 0.3) is 0 Å². The van der Waals surface area contributed by atoms with Gasteiger partial charge in [-0.2, -0.15) is 0 Å². The fourth-order valence-electron chi connectivity index (χ4n) is 2.48. The van der Waals surface area contributed by atoms with Gasteiger partial charge in [0.25, 0.3) is 0 Å². The molecule has 0 fully saturated rings. The molecule has 4 heteroatoms. The number of anilines is 1. The molecule has 1 aliphatic heterocycles. The minimum atomic E-state index is -0.340. The summed E-state index contributed by atoms with van der Waals surface area (Å²) in [6.45, 7) is 0. The fourth-order valence-corrected chi connectivity index (χ4v) is 2.96. The van der Waals surface area contributed by atoms with Crippen LogP contribution < -0.4 is 5.32 Å². The monoisotopic (exact) mass is 339 g/mol. The van der Waals surface area contributed by atoms with E-state index in [9.17, 15) is 4.39 Å². The van der Waals surface area contributed by atoms with Gasteiger partial charge in [0.05, 0.1) is 11.1 Å². The maximum Gasteiger partial charge on any atom is 0.148 e. The van der Waals surface area contributed by atoms with E-state index in [-0.39, 0.29) is 16.9 Å². The number of halogens is 3. The number of hydrogen-bond donors (Lipinski definition) is 1. The van der Waals surface area contributed by atoms with Crippen molar-refractivity contribution < 1.29 is 4.39 Å². The normalized spacial score (nSPS) is 17.7. The lowest BCUT2D eigenvalue weighted by Gasteiger charge is -2.28. The van der Waals surface area contributed by atoms with Crippen molar-refractivity contribution in [3.05, 3.63) is 62.8 Å². The first-order chi connectivity index (χ1) is 9.16. The Hall–Kier alpha value is -1.06. The van der Waals surface area contributed by atoms with Gasteiger partial charge in [-0.3, -0.25) is 0 Å². The summed E-state index contributed by atoms with van der Waals surface area (Å²) in [5.41, 5.74) is 2.99. The molecule has 1 nitrogen and oxygen atoms in total. The van der Waals surface area contributed by atoms with E-state index >= 15 is 0 Å². The zero-order valence-corrected chi connectivity index (χ0v) is 12.4. The Morgan fingerprint density at radius 1 is 1.21 bits per heavy atom. The van der Waals surface area contributed by atoms with Crippen molar-refractivity contribution in [2.24, 2.45) is 0 Å². The molecule has 0 amide bonds. The molecule has 98 valence electrons. The van der Waals surface area contributed by atoms with Crippen LogP contribution in [0.1, 0.15) is 23.6 Å². The summed E-state index contributed by atoms with van der Waals surface area (Å²) >= 11 is 9.19. The smallest absolute Gasteiger partial charge is 0.148 e. The zero-order chi connectivity index (χ0) is 13.4. The molecule has 0 saturated carbocycles. The molecule has 1 N–H and O–H groups in total. The van der Waals surface area contributed by atoms with E-state index in [2.05, 4.69) is 27.3 Å². The molecule has 2 aromatic carbocycles. The first-order valence-corrected chi connectivity index (χ1v) is 7.32. The largest absolute Gasteiger partial charge is 0.378 e. The molecule has 0 bridgehead atoms. The Balaban J connectivity index is 1.96. The second-order valence-corrected chi connectivity index (χ2v) is 5.89. The molecule has 1 atom stereocenters. The van der Waals surface area contributed by atoms with Crippen LogP contribution in [-0.2, 0) is 6.42 Å². The van der Waals surface area contributed by atoms with E-state index in [1.165, 1.54) is 5.56 Å². The summed E-state index contributed by atoms with van der Waals surface area (Å²) in [4.78, 5) is 0. The highest BCUT2D eigenvalue weighted by Gasteiger charge is 2.23. The third kappa shape index (κ3) is 2.37. The summed E-state index contributed by atoms with van der Waals surface area (Å²) in [7, 11) is 0. The van der Waals surface area contributed by atoms with Gasteiger partial charge in [-0.1, -0.05) is 35.9 Å². The third-order valence-corrected chi connectivity index (χ3v) is 4.75. The topological polar surface area (TPSA) is 12.0 Å². The maximum atomic E-state index is 14.2. The Morgan fingerprint density at radius 3 is 2.84 bits per heavy atom. The van der Waals surface area contributed by atoms with Crippen molar-refractivity contribution in [3.63, 3.8) is 0 Å². The Labute approximate surface area is 124 Å². The van der Waals surface area contributed by atoms with Crippen molar-refractivity contribution in [1.29, 1.82) is 0 Å². The molecule has 0 aliphatic carbocycles. The van der Waals surface area contributed by atoms with Gasteiger partial charge < -0.3 is 5.32 Å². The van der Waals surface area contributed by atoms with Gasteiger partial charge in [0, 0.05) is 15.7 Å². The molecule has 2 aromatic rings. The minimum absolute atomic E-state index is 0.0273. The van der Waals surface area contributed by atoms with E-state index in [0.717, 1.165) is 18.5 Å². The van der Waals surface area contributed by atoms with Crippen LogP contribution >= 0.6 is 27.5 Å². The number of hydrogen-bond acceptors (Lipinski definition) is 1. The van der Waals surface area contributed by atoms with Crippen LogP contribution in [0.4, 0.5) is 10.1 Å². The predicted molar refractivity (Wildman–Crippen MR) is 80.2 cm³/mol. The van der Waals surface area contributed by atoms with E-state index < -0.39 is 0 Å². The Bertz CT molecular complexity index is 630. The summed E-state index contributed by atoms with van der Waals surface area (Å²) in [5, 5.41) is 3.54. The van der Waals surface area contributed by atoms with Crippen molar-refractivity contribution in [1.82, 2.24) is 0 Å². The van der Waals surface area contributed by atoms with Gasteiger partial charge in [-0.25, -0.2) is 4.39 Å². The molecule has 0 spiro atoms. The Kier molecular flexibility index (Phi) is 3.50. The fraction of sp³-hybridized carbons (Fsp3) is 0.200. The van der Waals surface area contributed by atoms with Gasteiger partial charge in [-0.05, 0) is 46.5 Å². The summed E-state index contributed by atoms with van der Waals surface area (Å²) in [5.74, 6) is -0.340. The lowest BCUT2D eigenvalue weighted by molar-refractivity contribution is 0.572.